The van der Waals surface area contributed by atoms with Crippen molar-refractivity contribution in [2.24, 2.45) is 0 Å². The van der Waals surface area contributed by atoms with Crippen molar-refractivity contribution in [1.29, 1.82) is 0 Å². The molecule has 0 fully saturated rings. The molecule has 0 aliphatic heterocycles. The van der Waals surface area contributed by atoms with Crippen LogP contribution in [0.2, 0.25) is 0 Å². The minimum Gasteiger partial charge on any atom is -0.398 e. The first-order valence-electron chi connectivity index (χ1n) is 4.48. The van der Waals surface area contributed by atoms with E-state index < -0.39 is 12.2 Å². The summed E-state index contributed by atoms with van der Waals surface area (Å²) in [7, 11) is 0. The van der Waals surface area contributed by atoms with Gasteiger partial charge in [-0.15, -0.1) is 0 Å². The Kier molecular flexibility index (Phi) is 4.25. The Morgan fingerprint density at radius 2 is 1.93 bits per heavy atom. The summed E-state index contributed by atoms with van der Waals surface area (Å²) in [6.45, 7) is 0. The SMILES string of the molecule is Nc1ccccc1C(O)C(O)CCS. The summed E-state index contributed by atoms with van der Waals surface area (Å²) in [5.74, 6) is 0.533. The van der Waals surface area contributed by atoms with Gasteiger partial charge in [-0.05, 0) is 18.2 Å². The Labute approximate surface area is 89.0 Å². The number of nitrogen functional groups attached to an aromatic ring is 1. The molecule has 0 radical (unpaired) electrons. The number of benzene rings is 1. The second-order valence-electron chi connectivity index (χ2n) is 3.15. The van der Waals surface area contributed by atoms with Crippen molar-refractivity contribution in [3.63, 3.8) is 0 Å². The van der Waals surface area contributed by atoms with Crippen LogP contribution in [0.5, 0.6) is 0 Å². The van der Waals surface area contributed by atoms with Gasteiger partial charge in [0.15, 0.2) is 0 Å². The zero-order valence-corrected chi connectivity index (χ0v) is 8.69. The van der Waals surface area contributed by atoms with Crippen LogP contribution in [0.25, 0.3) is 0 Å². The Morgan fingerprint density at radius 1 is 1.29 bits per heavy atom. The summed E-state index contributed by atoms with van der Waals surface area (Å²) in [5, 5.41) is 19.3. The Morgan fingerprint density at radius 3 is 2.50 bits per heavy atom. The first-order valence-corrected chi connectivity index (χ1v) is 5.11. The first kappa shape index (κ1) is 11.4. The van der Waals surface area contributed by atoms with Crippen LogP contribution in [0.1, 0.15) is 18.1 Å². The van der Waals surface area contributed by atoms with Crippen LogP contribution in [0.4, 0.5) is 5.69 Å². The predicted octanol–water partition coefficient (Wildman–Crippen LogP) is 0.983. The molecule has 4 heteroatoms. The molecule has 14 heavy (non-hydrogen) atoms. The number of aliphatic hydroxyl groups excluding tert-OH is 2. The van der Waals surface area contributed by atoms with Gasteiger partial charge >= 0.3 is 0 Å². The number of hydrogen-bond acceptors (Lipinski definition) is 4. The van der Waals surface area contributed by atoms with Crippen LogP contribution >= 0.6 is 12.6 Å². The highest BCUT2D eigenvalue weighted by molar-refractivity contribution is 7.80. The molecule has 0 bridgehead atoms. The fraction of sp³-hybridized carbons (Fsp3) is 0.400. The van der Waals surface area contributed by atoms with E-state index in [0.717, 1.165) is 0 Å². The molecule has 0 amide bonds. The van der Waals surface area contributed by atoms with Crippen molar-refractivity contribution >= 4 is 18.3 Å². The van der Waals surface area contributed by atoms with Crippen molar-refractivity contribution in [3.8, 4) is 0 Å². The van der Waals surface area contributed by atoms with Crippen molar-refractivity contribution in [1.82, 2.24) is 0 Å². The van der Waals surface area contributed by atoms with Crippen LogP contribution < -0.4 is 5.73 Å². The molecule has 0 spiro atoms. The van der Waals surface area contributed by atoms with E-state index in [0.29, 0.717) is 23.4 Å². The monoisotopic (exact) mass is 213 g/mol. The average molecular weight is 213 g/mol. The second-order valence-corrected chi connectivity index (χ2v) is 3.60. The third-order valence-electron chi connectivity index (χ3n) is 2.10. The van der Waals surface area contributed by atoms with Gasteiger partial charge < -0.3 is 15.9 Å². The molecule has 2 atom stereocenters. The molecule has 3 nitrogen and oxygen atoms in total. The van der Waals surface area contributed by atoms with Gasteiger partial charge in [0.1, 0.15) is 6.10 Å². The number of anilines is 1. The van der Waals surface area contributed by atoms with Gasteiger partial charge in [-0.2, -0.15) is 12.6 Å². The van der Waals surface area contributed by atoms with Gasteiger partial charge in [-0.25, -0.2) is 0 Å². The van der Waals surface area contributed by atoms with E-state index in [4.69, 9.17) is 5.73 Å². The van der Waals surface area contributed by atoms with Crippen LogP contribution in [-0.2, 0) is 0 Å². The third kappa shape index (κ3) is 2.64. The van der Waals surface area contributed by atoms with Crippen LogP contribution in [0.3, 0.4) is 0 Å². The van der Waals surface area contributed by atoms with E-state index in [1.165, 1.54) is 0 Å². The molecule has 1 rings (SSSR count). The summed E-state index contributed by atoms with van der Waals surface area (Å²) >= 11 is 3.99. The molecular formula is C10H15NO2S. The van der Waals surface area contributed by atoms with Gasteiger partial charge in [-0.1, -0.05) is 18.2 Å². The van der Waals surface area contributed by atoms with Crippen molar-refractivity contribution < 1.29 is 10.2 Å². The Balaban J connectivity index is 2.78. The summed E-state index contributed by atoms with van der Waals surface area (Å²) in [5.41, 5.74) is 6.73. The Bertz CT molecular complexity index is 293. The number of aliphatic hydroxyl groups is 2. The highest BCUT2D eigenvalue weighted by Crippen LogP contribution is 2.24. The lowest BCUT2D eigenvalue weighted by atomic mass is 10.0. The Hall–Kier alpha value is -0.710. The summed E-state index contributed by atoms with van der Waals surface area (Å²) < 4.78 is 0. The topological polar surface area (TPSA) is 66.5 Å². The van der Waals surface area contributed by atoms with E-state index in [2.05, 4.69) is 12.6 Å². The van der Waals surface area contributed by atoms with Crippen molar-refractivity contribution in [3.05, 3.63) is 29.8 Å². The quantitative estimate of drug-likeness (QED) is 0.445. The fourth-order valence-electron chi connectivity index (χ4n) is 1.28. The normalized spacial score (nSPS) is 15.1. The number of hydrogen-bond donors (Lipinski definition) is 4. The van der Waals surface area contributed by atoms with Crippen LogP contribution in [0.15, 0.2) is 24.3 Å². The fourth-order valence-corrected chi connectivity index (χ4v) is 1.54. The molecule has 2 unspecified atom stereocenters. The molecule has 1 aromatic carbocycles. The maximum Gasteiger partial charge on any atom is 0.107 e. The highest BCUT2D eigenvalue weighted by Gasteiger charge is 2.18. The maximum atomic E-state index is 9.74. The maximum absolute atomic E-state index is 9.74. The molecular weight excluding hydrogens is 198 g/mol. The van der Waals surface area contributed by atoms with E-state index in [9.17, 15) is 10.2 Å². The zero-order chi connectivity index (χ0) is 10.6. The molecule has 0 aliphatic rings. The van der Waals surface area contributed by atoms with Crippen LogP contribution in [0, 0.1) is 0 Å². The van der Waals surface area contributed by atoms with E-state index in [-0.39, 0.29) is 0 Å². The number of rotatable bonds is 4. The molecule has 4 N–H and O–H groups in total. The number of nitrogens with two attached hydrogens (primary N) is 1. The van der Waals surface area contributed by atoms with Crippen molar-refractivity contribution in [2.75, 3.05) is 11.5 Å². The predicted molar refractivity (Wildman–Crippen MR) is 60.3 cm³/mol. The summed E-state index contributed by atoms with van der Waals surface area (Å²) in [6, 6.07) is 6.98. The molecule has 0 saturated heterocycles. The number of para-hydroxylation sites is 1. The second kappa shape index (κ2) is 5.24. The standard InChI is InChI=1S/C10H15NO2S/c11-8-4-2-1-3-7(8)10(13)9(12)5-6-14/h1-4,9-10,12-14H,5-6,11H2. The summed E-state index contributed by atoms with van der Waals surface area (Å²) in [4.78, 5) is 0. The van der Waals surface area contributed by atoms with Crippen LogP contribution in [-0.4, -0.2) is 22.1 Å². The zero-order valence-electron chi connectivity index (χ0n) is 7.80. The van der Waals surface area contributed by atoms with E-state index in [1.807, 2.05) is 0 Å². The van der Waals surface area contributed by atoms with E-state index in [1.54, 1.807) is 24.3 Å². The molecule has 0 aliphatic carbocycles. The van der Waals surface area contributed by atoms with Gasteiger partial charge in [-0.3, -0.25) is 0 Å². The number of thiol groups is 1. The first-order chi connectivity index (χ1) is 6.66. The third-order valence-corrected chi connectivity index (χ3v) is 2.36. The molecule has 0 saturated carbocycles. The van der Waals surface area contributed by atoms with Gasteiger partial charge in [0.2, 0.25) is 0 Å². The molecule has 0 heterocycles. The van der Waals surface area contributed by atoms with Gasteiger partial charge in [0.25, 0.3) is 0 Å². The van der Waals surface area contributed by atoms with Crippen molar-refractivity contribution in [2.45, 2.75) is 18.6 Å². The largest absolute Gasteiger partial charge is 0.398 e. The van der Waals surface area contributed by atoms with E-state index >= 15 is 0 Å². The smallest absolute Gasteiger partial charge is 0.107 e. The minimum absolute atomic E-state index is 0.443. The molecule has 78 valence electrons. The lowest BCUT2D eigenvalue weighted by Crippen LogP contribution is -2.19. The molecule has 1 aromatic rings. The molecule has 0 aromatic heterocycles. The van der Waals surface area contributed by atoms with Gasteiger partial charge in [0.05, 0.1) is 6.10 Å². The van der Waals surface area contributed by atoms with Gasteiger partial charge in [0, 0.05) is 11.3 Å². The minimum atomic E-state index is -0.927. The summed E-state index contributed by atoms with van der Waals surface area (Å²) in [6.07, 6.45) is -1.29. The lowest BCUT2D eigenvalue weighted by Gasteiger charge is -2.18. The highest BCUT2D eigenvalue weighted by atomic mass is 32.1. The average Bonchev–Trinajstić information content (AvgIpc) is 2.18. The lowest BCUT2D eigenvalue weighted by molar-refractivity contribution is 0.0177.